The molecule has 0 bridgehead atoms. The summed E-state index contributed by atoms with van der Waals surface area (Å²) in [5.41, 5.74) is 0. The zero-order valence-corrected chi connectivity index (χ0v) is 32.5. The summed E-state index contributed by atoms with van der Waals surface area (Å²) in [5.74, 6) is 9.43. The largest absolute Gasteiger partial charge is 0.374 e. The molecule has 0 N–H and O–H groups in total. The number of nitrogens with zero attached hydrogens (tertiary/aromatic N) is 1. The van der Waals surface area contributed by atoms with Crippen molar-refractivity contribution in [3.63, 3.8) is 0 Å². The van der Waals surface area contributed by atoms with Crippen LogP contribution in [0, 0.1) is 59.2 Å². The normalized spacial score (nSPS) is 54.9. The molecule has 3 saturated heterocycles. The van der Waals surface area contributed by atoms with E-state index in [0.29, 0.717) is 30.5 Å². The van der Waals surface area contributed by atoms with E-state index < -0.39 is 0 Å². The zero-order chi connectivity index (χ0) is 32.8. The van der Waals surface area contributed by atoms with Crippen LogP contribution in [0.1, 0.15) is 173 Å². The van der Waals surface area contributed by atoms with Crippen LogP contribution in [0.5, 0.6) is 0 Å². The summed E-state index contributed by atoms with van der Waals surface area (Å²) in [6.07, 6.45) is 42.5. The van der Waals surface area contributed by atoms with Crippen LogP contribution >= 0.6 is 11.8 Å². The Bertz CT molecular complexity index is 1180. The molecule has 3 aliphatic heterocycles. The van der Waals surface area contributed by atoms with Crippen LogP contribution in [0.25, 0.3) is 0 Å². The minimum Gasteiger partial charge on any atom is -0.374 e. The smallest absolute Gasteiger partial charge is 0.0766 e. The van der Waals surface area contributed by atoms with Crippen LogP contribution in [0.4, 0.5) is 0 Å². The van der Waals surface area contributed by atoms with Crippen molar-refractivity contribution in [3.8, 4) is 0 Å². The summed E-state index contributed by atoms with van der Waals surface area (Å²) in [6, 6.07) is 2.33. The third-order valence-corrected chi connectivity index (χ3v) is 20.9. The third-order valence-electron chi connectivity index (χ3n) is 18.9. The minimum absolute atomic E-state index is 0.542. The van der Waals surface area contributed by atoms with Gasteiger partial charge in [0.15, 0.2) is 0 Å². The molecule has 0 aromatic carbocycles. The molecule has 0 aromatic heterocycles. The molecule has 8 saturated carbocycles. The maximum atomic E-state index is 7.69. The Morgan fingerprint density at radius 1 is 0.360 bits per heavy atom. The van der Waals surface area contributed by atoms with Gasteiger partial charge in [0.25, 0.3) is 0 Å². The Morgan fingerprint density at radius 2 is 0.980 bits per heavy atom. The highest BCUT2D eigenvalue weighted by molar-refractivity contribution is 8.00. The van der Waals surface area contributed by atoms with Gasteiger partial charge in [-0.05, 0) is 150 Å². The first kappa shape index (κ1) is 33.6. The maximum absolute atomic E-state index is 7.69. The van der Waals surface area contributed by atoms with Crippen LogP contribution < -0.4 is 0 Å². The van der Waals surface area contributed by atoms with Gasteiger partial charge in [0, 0.05) is 34.5 Å². The van der Waals surface area contributed by atoms with Crippen molar-refractivity contribution in [3.05, 3.63) is 0 Å². The van der Waals surface area contributed by atoms with E-state index >= 15 is 0 Å². The van der Waals surface area contributed by atoms with Gasteiger partial charge in [0.05, 0.1) is 24.4 Å². The molecule has 3 nitrogen and oxygen atoms in total. The molecule has 50 heavy (non-hydrogen) atoms. The molecule has 0 radical (unpaired) electrons. The van der Waals surface area contributed by atoms with E-state index in [9.17, 15) is 0 Å². The van der Waals surface area contributed by atoms with Crippen LogP contribution in [0.15, 0.2) is 0 Å². The Morgan fingerprint density at radius 3 is 1.86 bits per heavy atom. The molecule has 11 fully saturated rings. The molecule has 0 aromatic rings. The summed E-state index contributed by atoms with van der Waals surface area (Å²) in [4.78, 5) is 3.40. The van der Waals surface area contributed by atoms with Crippen LogP contribution in [-0.4, -0.2) is 57.9 Å². The van der Waals surface area contributed by atoms with Gasteiger partial charge < -0.3 is 9.47 Å². The quantitative estimate of drug-likeness (QED) is 0.291. The van der Waals surface area contributed by atoms with Gasteiger partial charge in [-0.15, -0.1) is 0 Å². The second kappa shape index (κ2) is 14.1. The first-order chi connectivity index (χ1) is 24.8. The summed E-state index contributed by atoms with van der Waals surface area (Å²) in [5, 5.41) is 1.78. The lowest BCUT2D eigenvalue weighted by Gasteiger charge is -2.53. The third kappa shape index (κ3) is 5.63. The molecule has 0 spiro atoms. The van der Waals surface area contributed by atoms with E-state index in [1.165, 1.54) is 161 Å². The van der Waals surface area contributed by atoms with Crippen molar-refractivity contribution >= 4 is 11.8 Å². The van der Waals surface area contributed by atoms with E-state index in [1.54, 1.807) is 12.8 Å². The lowest BCUT2D eigenvalue weighted by atomic mass is 9.62. The Hall–Kier alpha value is 0.230. The lowest BCUT2D eigenvalue weighted by molar-refractivity contribution is -0.103. The van der Waals surface area contributed by atoms with Crippen molar-refractivity contribution in [2.75, 3.05) is 0 Å². The van der Waals surface area contributed by atoms with E-state index in [2.05, 4.69) is 16.7 Å². The van der Waals surface area contributed by atoms with Crippen LogP contribution in [0.3, 0.4) is 0 Å². The molecule has 4 heteroatoms. The second-order valence-corrected chi connectivity index (χ2v) is 22.2. The van der Waals surface area contributed by atoms with E-state index in [1.807, 2.05) is 0 Å². The molecular formula is C46H73NO2S. The van der Waals surface area contributed by atoms with E-state index in [-0.39, 0.29) is 0 Å². The van der Waals surface area contributed by atoms with Gasteiger partial charge in [-0.1, -0.05) is 77.0 Å². The van der Waals surface area contributed by atoms with Gasteiger partial charge in [-0.3, -0.25) is 4.90 Å². The topological polar surface area (TPSA) is 21.7 Å². The number of fused-ring (bicyclic) bond motifs is 12. The fourth-order valence-corrected chi connectivity index (χ4v) is 19.4. The average molecular weight is 704 g/mol. The Kier molecular flexibility index (Phi) is 9.44. The van der Waals surface area contributed by atoms with Crippen LogP contribution in [-0.2, 0) is 9.47 Å². The van der Waals surface area contributed by atoms with Crippen molar-refractivity contribution in [2.24, 2.45) is 59.2 Å². The molecule has 11 rings (SSSR count). The van der Waals surface area contributed by atoms with Crippen molar-refractivity contribution in [1.29, 1.82) is 0 Å². The maximum Gasteiger partial charge on any atom is 0.0766 e. The fourth-order valence-electron chi connectivity index (χ4n) is 17.0. The zero-order valence-electron chi connectivity index (χ0n) is 31.7. The molecule has 0 amide bonds. The average Bonchev–Trinajstić information content (AvgIpc) is 3.88. The number of rotatable bonds is 4. The molecule has 8 aliphatic carbocycles. The monoisotopic (exact) mass is 704 g/mol. The number of thioether (sulfide) groups is 1. The first-order valence-electron chi connectivity index (χ1n) is 23.5. The predicted octanol–water partition coefficient (Wildman–Crippen LogP) is 11.2. The first-order valence-corrected chi connectivity index (χ1v) is 24.5. The van der Waals surface area contributed by atoms with Crippen molar-refractivity contribution < 1.29 is 9.47 Å². The lowest BCUT2D eigenvalue weighted by Crippen LogP contribution is -2.61. The van der Waals surface area contributed by atoms with Crippen molar-refractivity contribution in [2.45, 2.75) is 226 Å². The van der Waals surface area contributed by atoms with E-state index in [0.717, 1.165) is 81.8 Å². The SMILES string of the molecule is C1CCC(C2CCC(N(C3CCCC4C5CCC6CCCCC6C5OC43)C3CCCC4C5CCC6OC7CCCCC7C6C5SC43)CC2)CC1. The summed E-state index contributed by atoms with van der Waals surface area (Å²) in [6.45, 7) is 0. The van der Waals surface area contributed by atoms with Gasteiger partial charge >= 0.3 is 0 Å². The summed E-state index contributed by atoms with van der Waals surface area (Å²) >= 11 is 2.60. The van der Waals surface area contributed by atoms with Gasteiger partial charge in [-0.2, -0.15) is 11.8 Å². The highest BCUT2D eigenvalue weighted by Gasteiger charge is 2.62. The molecule has 16 atom stereocenters. The molecule has 11 aliphatic rings. The molecule has 280 valence electrons. The molecule has 16 unspecified atom stereocenters. The van der Waals surface area contributed by atoms with Gasteiger partial charge in [0.1, 0.15) is 0 Å². The van der Waals surface area contributed by atoms with Gasteiger partial charge in [-0.25, -0.2) is 0 Å². The number of hydrogen-bond donors (Lipinski definition) is 0. The Balaban J connectivity index is 0.893. The Labute approximate surface area is 310 Å². The van der Waals surface area contributed by atoms with Crippen molar-refractivity contribution in [1.82, 2.24) is 4.90 Å². The molecular weight excluding hydrogens is 631 g/mol. The fraction of sp³-hybridized carbons (Fsp3) is 1.00. The van der Waals surface area contributed by atoms with Gasteiger partial charge in [0.2, 0.25) is 0 Å². The summed E-state index contributed by atoms with van der Waals surface area (Å²) in [7, 11) is 0. The second-order valence-electron chi connectivity index (χ2n) is 20.8. The number of hydrogen-bond acceptors (Lipinski definition) is 4. The van der Waals surface area contributed by atoms with E-state index in [4.69, 9.17) is 9.47 Å². The standard InChI is InChI=1S/C46H73NO2S/c1-2-10-28(11-3-1)29-20-23-31(24-21-29)47(38-17-8-15-33-34-25-22-30-12-4-5-13-32(30)43(34)49-44(33)38)39-18-9-16-35-36-26-27-41-42(46(36)50-45(35)39)37-14-6-7-19-40(37)48-41/h28-46H,1-27H2. The van der Waals surface area contributed by atoms with Crippen LogP contribution in [0.2, 0.25) is 0 Å². The number of ether oxygens (including phenoxy) is 2. The summed E-state index contributed by atoms with van der Waals surface area (Å²) < 4.78 is 14.6. The highest BCUT2D eigenvalue weighted by atomic mass is 32.2. The minimum atomic E-state index is 0.542. The molecule has 3 heterocycles. The highest BCUT2D eigenvalue weighted by Crippen LogP contribution is 2.63. The predicted molar refractivity (Wildman–Crippen MR) is 205 cm³/mol.